The molecule has 0 aromatic heterocycles. The molecule has 1 saturated carbocycles. The summed E-state index contributed by atoms with van der Waals surface area (Å²) in [7, 11) is 0. The Morgan fingerprint density at radius 2 is 2.45 bits per heavy atom. The van der Waals surface area contributed by atoms with Gasteiger partial charge in [0.2, 0.25) is 0 Å². The van der Waals surface area contributed by atoms with E-state index in [1.165, 1.54) is 4.90 Å². The van der Waals surface area contributed by atoms with Gasteiger partial charge in [0.25, 0.3) is 0 Å². The van der Waals surface area contributed by atoms with Crippen LogP contribution in [-0.2, 0) is 0 Å². The van der Waals surface area contributed by atoms with Crippen molar-refractivity contribution in [3.63, 3.8) is 0 Å². The Labute approximate surface area is 65.0 Å². The number of nitrogens with zero attached hydrogens (tertiary/aromatic N) is 1. The molecule has 2 bridgehead atoms. The summed E-state index contributed by atoms with van der Waals surface area (Å²) in [4.78, 5) is 12.1. The standard InChI is InChI=1S/C7H12N2O2/c8-7-2-1-5(3-7)9(4-7)6(10)11/h5H,1-4,8H2,(H,10,11). The molecule has 0 spiro atoms. The lowest BCUT2D eigenvalue weighted by molar-refractivity contribution is 0.128. The van der Waals surface area contributed by atoms with Crippen molar-refractivity contribution in [1.82, 2.24) is 4.90 Å². The second kappa shape index (κ2) is 1.88. The zero-order valence-electron chi connectivity index (χ0n) is 6.29. The summed E-state index contributed by atoms with van der Waals surface area (Å²) >= 11 is 0. The van der Waals surface area contributed by atoms with E-state index >= 15 is 0 Å². The van der Waals surface area contributed by atoms with Crippen molar-refractivity contribution < 1.29 is 9.90 Å². The number of carboxylic acid groups (broad SMARTS) is 1. The molecule has 2 aliphatic rings. The van der Waals surface area contributed by atoms with Crippen LogP contribution in [0.1, 0.15) is 19.3 Å². The molecule has 2 unspecified atom stereocenters. The first-order valence-electron chi connectivity index (χ1n) is 3.89. The number of carbonyl (C=O) groups is 1. The molecule has 0 aromatic carbocycles. The number of fused-ring (bicyclic) bond motifs is 2. The van der Waals surface area contributed by atoms with Crippen LogP contribution < -0.4 is 5.73 Å². The maximum Gasteiger partial charge on any atom is 0.407 e. The first kappa shape index (κ1) is 6.91. The maximum absolute atomic E-state index is 10.6. The Hall–Kier alpha value is -0.770. The van der Waals surface area contributed by atoms with Crippen molar-refractivity contribution >= 4 is 6.09 Å². The van der Waals surface area contributed by atoms with Crippen molar-refractivity contribution in [3.8, 4) is 0 Å². The highest BCUT2D eigenvalue weighted by atomic mass is 16.4. The van der Waals surface area contributed by atoms with Crippen molar-refractivity contribution in [1.29, 1.82) is 0 Å². The molecule has 4 heteroatoms. The van der Waals surface area contributed by atoms with Gasteiger partial charge in [-0.3, -0.25) is 0 Å². The van der Waals surface area contributed by atoms with Gasteiger partial charge in [-0.05, 0) is 19.3 Å². The highest BCUT2D eigenvalue weighted by molar-refractivity contribution is 5.66. The summed E-state index contributed by atoms with van der Waals surface area (Å²) in [5.74, 6) is 0. The van der Waals surface area contributed by atoms with E-state index in [0.717, 1.165) is 19.3 Å². The van der Waals surface area contributed by atoms with Gasteiger partial charge in [0.1, 0.15) is 0 Å². The smallest absolute Gasteiger partial charge is 0.407 e. The lowest BCUT2D eigenvalue weighted by atomic mass is 10.0. The number of likely N-dealkylation sites (tertiary alicyclic amines) is 1. The Bertz CT molecular complexity index is 207. The number of hydrogen-bond acceptors (Lipinski definition) is 2. The summed E-state index contributed by atoms with van der Waals surface area (Å²) in [6.45, 7) is 0.535. The zero-order chi connectivity index (χ0) is 8.06. The van der Waals surface area contributed by atoms with Crippen molar-refractivity contribution in [3.05, 3.63) is 0 Å². The molecule has 3 N–H and O–H groups in total. The van der Waals surface area contributed by atoms with Crippen LogP contribution in [0, 0.1) is 0 Å². The molecule has 2 rings (SSSR count). The van der Waals surface area contributed by atoms with Gasteiger partial charge < -0.3 is 15.7 Å². The van der Waals surface area contributed by atoms with E-state index in [2.05, 4.69) is 0 Å². The van der Waals surface area contributed by atoms with Gasteiger partial charge in [-0.2, -0.15) is 0 Å². The van der Waals surface area contributed by atoms with Crippen molar-refractivity contribution in [2.45, 2.75) is 30.8 Å². The third-order valence-corrected chi connectivity index (χ3v) is 2.79. The molecule has 11 heavy (non-hydrogen) atoms. The Balaban J connectivity index is 2.16. The first-order chi connectivity index (χ1) is 5.11. The van der Waals surface area contributed by atoms with E-state index in [1.54, 1.807) is 0 Å². The van der Waals surface area contributed by atoms with Crippen LogP contribution in [0.15, 0.2) is 0 Å². The molecule has 2 fully saturated rings. The third-order valence-electron chi connectivity index (χ3n) is 2.79. The van der Waals surface area contributed by atoms with Gasteiger partial charge in [-0.1, -0.05) is 0 Å². The number of piperidine rings is 1. The zero-order valence-corrected chi connectivity index (χ0v) is 6.29. The topological polar surface area (TPSA) is 66.6 Å². The van der Waals surface area contributed by atoms with Crippen LogP contribution in [0.5, 0.6) is 0 Å². The average Bonchev–Trinajstić information content (AvgIpc) is 2.41. The predicted octanol–water partition coefficient (Wildman–Crippen LogP) is 0.230. The van der Waals surface area contributed by atoms with E-state index in [4.69, 9.17) is 10.8 Å². The minimum atomic E-state index is -0.818. The molecule has 2 atom stereocenters. The fourth-order valence-corrected chi connectivity index (χ4v) is 2.23. The molecule has 0 aromatic rings. The highest BCUT2D eigenvalue weighted by Crippen LogP contribution is 2.38. The van der Waals surface area contributed by atoms with E-state index in [9.17, 15) is 4.79 Å². The first-order valence-corrected chi connectivity index (χ1v) is 3.89. The van der Waals surface area contributed by atoms with E-state index < -0.39 is 6.09 Å². The summed E-state index contributed by atoms with van der Waals surface area (Å²) in [6.07, 6.45) is 1.98. The number of nitrogens with two attached hydrogens (primary N) is 1. The largest absolute Gasteiger partial charge is 0.465 e. The quantitative estimate of drug-likeness (QED) is 0.527. The molecule has 0 radical (unpaired) electrons. The number of rotatable bonds is 0. The van der Waals surface area contributed by atoms with Gasteiger partial charge in [0.05, 0.1) is 0 Å². The normalized spacial score (nSPS) is 41.5. The summed E-state index contributed by atoms with van der Waals surface area (Å²) < 4.78 is 0. The van der Waals surface area contributed by atoms with Gasteiger partial charge in [0.15, 0.2) is 0 Å². The Morgan fingerprint density at radius 3 is 2.73 bits per heavy atom. The molecule has 1 amide bonds. The van der Waals surface area contributed by atoms with Crippen LogP contribution in [0.3, 0.4) is 0 Å². The second-order valence-electron chi connectivity index (χ2n) is 3.67. The van der Waals surface area contributed by atoms with Gasteiger partial charge >= 0.3 is 6.09 Å². The number of hydrogen-bond donors (Lipinski definition) is 2. The minimum Gasteiger partial charge on any atom is -0.465 e. The van der Waals surface area contributed by atoms with Crippen molar-refractivity contribution in [2.24, 2.45) is 5.73 Å². The highest BCUT2D eigenvalue weighted by Gasteiger charge is 2.48. The summed E-state index contributed by atoms with van der Waals surface area (Å²) in [6, 6.07) is 0.206. The SMILES string of the molecule is NC12CCC(C1)N(C(=O)O)C2. The van der Waals surface area contributed by atoms with Crippen LogP contribution in [-0.4, -0.2) is 34.2 Å². The fourth-order valence-electron chi connectivity index (χ4n) is 2.23. The Morgan fingerprint density at radius 1 is 1.73 bits per heavy atom. The van der Waals surface area contributed by atoms with Crippen LogP contribution in [0.4, 0.5) is 4.79 Å². The third kappa shape index (κ3) is 0.894. The lowest BCUT2D eigenvalue weighted by Gasteiger charge is -2.27. The lowest BCUT2D eigenvalue weighted by Crippen LogP contribution is -2.46. The maximum atomic E-state index is 10.6. The Kier molecular flexibility index (Phi) is 1.18. The van der Waals surface area contributed by atoms with E-state index in [0.29, 0.717) is 6.54 Å². The summed E-state index contributed by atoms with van der Waals surface area (Å²) in [5.41, 5.74) is 5.73. The molecular weight excluding hydrogens is 144 g/mol. The van der Waals surface area contributed by atoms with Crippen LogP contribution in [0.2, 0.25) is 0 Å². The molecule has 62 valence electrons. The van der Waals surface area contributed by atoms with Gasteiger partial charge in [0, 0.05) is 18.1 Å². The van der Waals surface area contributed by atoms with Crippen LogP contribution >= 0.6 is 0 Å². The molecule has 4 nitrogen and oxygen atoms in total. The van der Waals surface area contributed by atoms with E-state index in [-0.39, 0.29) is 11.6 Å². The second-order valence-corrected chi connectivity index (χ2v) is 3.67. The fraction of sp³-hybridized carbons (Fsp3) is 0.857. The van der Waals surface area contributed by atoms with Gasteiger partial charge in [-0.15, -0.1) is 0 Å². The molecule has 1 aliphatic heterocycles. The molecule has 1 aliphatic carbocycles. The number of amides is 1. The van der Waals surface area contributed by atoms with Gasteiger partial charge in [-0.25, -0.2) is 4.79 Å². The molecule has 1 saturated heterocycles. The predicted molar refractivity (Wildman–Crippen MR) is 39.3 cm³/mol. The molecular formula is C7H12N2O2. The van der Waals surface area contributed by atoms with Crippen molar-refractivity contribution in [2.75, 3.05) is 6.54 Å². The van der Waals surface area contributed by atoms with Crippen LogP contribution in [0.25, 0.3) is 0 Å². The average molecular weight is 156 g/mol. The molecule has 1 heterocycles. The minimum absolute atomic E-state index is 0.191. The summed E-state index contributed by atoms with van der Waals surface area (Å²) in [5, 5.41) is 8.72. The van der Waals surface area contributed by atoms with E-state index in [1.807, 2.05) is 0 Å². The monoisotopic (exact) mass is 156 g/mol.